The lowest BCUT2D eigenvalue weighted by Crippen LogP contribution is -2.14. The molecule has 0 spiro atoms. The molecule has 0 unspecified atom stereocenters. The first-order valence-corrected chi connectivity index (χ1v) is 5.80. The number of pyridine rings is 1. The van der Waals surface area contributed by atoms with Crippen molar-refractivity contribution in [2.45, 2.75) is 20.0 Å². The summed E-state index contributed by atoms with van der Waals surface area (Å²) in [5.74, 6) is 0.455. The first-order chi connectivity index (χ1) is 8.66. The predicted molar refractivity (Wildman–Crippen MR) is 69.3 cm³/mol. The van der Waals surface area contributed by atoms with Gasteiger partial charge < -0.3 is 15.5 Å². The Labute approximate surface area is 106 Å². The van der Waals surface area contributed by atoms with Gasteiger partial charge in [-0.3, -0.25) is 4.98 Å². The van der Waals surface area contributed by atoms with Crippen molar-refractivity contribution in [3.63, 3.8) is 0 Å². The van der Waals surface area contributed by atoms with Crippen molar-refractivity contribution in [3.8, 4) is 11.5 Å². The van der Waals surface area contributed by atoms with E-state index in [1.807, 2.05) is 19.1 Å². The monoisotopic (exact) mass is 244 g/mol. The molecule has 3 N–H and O–H groups in total. The molecule has 4 heteroatoms. The number of benzene rings is 1. The minimum atomic E-state index is 0.186. The Morgan fingerprint density at radius 2 is 1.78 bits per heavy atom. The summed E-state index contributed by atoms with van der Waals surface area (Å²) in [5, 5.41) is 22.4. The maximum Gasteiger partial charge on any atom is 0.138 e. The number of aromatic nitrogens is 1. The van der Waals surface area contributed by atoms with Gasteiger partial charge in [0.2, 0.25) is 0 Å². The van der Waals surface area contributed by atoms with Gasteiger partial charge in [-0.2, -0.15) is 0 Å². The number of phenols is 1. The SMILES string of the molecule is Cc1ccc(O)c(CNCc2ccccc2O)n1. The number of aromatic hydroxyl groups is 2. The average Bonchev–Trinajstić information content (AvgIpc) is 2.36. The Balaban J connectivity index is 1.96. The zero-order valence-electron chi connectivity index (χ0n) is 10.2. The molecule has 0 aliphatic rings. The second kappa shape index (κ2) is 5.51. The number of hydrogen-bond donors (Lipinski definition) is 3. The van der Waals surface area contributed by atoms with E-state index in [9.17, 15) is 10.2 Å². The predicted octanol–water partition coefficient (Wildman–Crippen LogP) is 2.09. The van der Waals surface area contributed by atoms with E-state index in [1.165, 1.54) is 0 Å². The number of hydrogen-bond acceptors (Lipinski definition) is 4. The molecule has 18 heavy (non-hydrogen) atoms. The van der Waals surface area contributed by atoms with E-state index in [0.717, 1.165) is 11.3 Å². The highest BCUT2D eigenvalue weighted by Gasteiger charge is 2.04. The normalized spacial score (nSPS) is 10.5. The van der Waals surface area contributed by atoms with Crippen molar-refractivity contribution >= 4 is 0 Å². The van der Waals surface area contributed by atoms with Crippen LogP contribution in [0.15, 0.2) is 36.4 Å². The minimum Gasteiger partial charge on any atom is -0.508 e. The van der Waals surface area contributed by atoms with Crippen LogP contribution in [-0.2, 0) is 13.1 Å². The lowest BCUT2D eigenvalue weighted by molar-refractivity contribution is 0.454. The third-order valence-electron chi connectivity index (χ3n) is 2.69. The smallest absolute Gasteiger partial charge is 0.138 e. The third kappa shape index (κ3) is 2.99. The highest BCUT2D eigenvalue weighted by Crippen LogP contribution is 2.17. The molecule has 1 aromatic heterocycles. The van der Waals surface area contributed by atoms with Crippen molar-refractivity contribution in [1.82, 2.24) is 10.3 Å². The van der Waals surface area contributed by atoms with Gasteiger partial charge in [0.15, 0.2) is 0 Å². The summed E-state index contributed by atoms with van der Waals surface area (Å²) in [5.41, 5.74) is 2.31. The third-order valence-corrected chi connectivity index (χ3v) is 2.69. The van der Waals surface area contributed by atoms with Crippen LogP contribution < -0.4 is 5.32 Å². The summed E-state index contributed by atoms with van der Waals surface area (Å²) in [7, 11) is 0. The van der Waals surface area contributed by atoms with Gasteiger partial charge in [0.25, 0.3) is 0 Å². The number of nitrogens with one attached hydrogen (secondary N) is 1. The minimum absolute atomic E-state index is 0.186. The molecule has 0 bridgehead atoms. The van der Waals surface area contributed by atoms with E-state index in [4.69, 9.17) is 0 Å². The molecule has 1 aromatic carbocycles. The molecule has 0 saturated carbocycles. The molecule has 2 rings (SSSR count). The van der Waals surface area contributed by atoms with Crippen LogP contribution in [0, 0.1) is 6.92 Å². The molecular weight excluding hydrogens is 228 g/mol. The lowest BCUT2D eigenvalue weighted by atomic mass is 10.2. The Hall–Kier alpha value is -2.07. The fourth-order valence-corrected chi connectivity index (χ4v) is 1.71. The fraction of sp³-hybridized carbons (Fsp3) is 0.214. The first-order valence-electron chi connectivity index (χ1n) is 5.80. The molecule has 2 aromatic rings. The molecule has 0 amide bonds. The van der Waals surface area contributed by atoms with Crippen molar-refractivity contribution in [3.05, 3.63) is 53.3 Å². The summed E-state index contributed by atoms with van der Waals surface area (Å²) in [6.07, 6.45) is 0. The molecule has 4 nitrogen and oxygen atoms in total. The Morgan fingerprint density at radius 3 is 2.56 bits per heavy atom. The summed E-state index contributed by atoms with van der Waals surface area (Å²) in [6.45, 7) is 2.87. The van der Waals surface area contributed by atoms with Gasteiger partial charge in [0, 0.05) is 24.3 Å². The Morgan fingerprint density at radius 1 is 1.00 bits per heavy atom. The average molecular weight is 244 g/mol. The number of rotatable bonds is 4. The van der Waals surface area contributed by atoms with E-state index >= 15 is 0 Å². The molecule has 0 saturated heterocycles. The molecule has 0 atom stereocenters. The van der Waals surface area contributed by atoms with Gasteiger partial charge >= 0.3 is 0 Å². The second-order valence-electron chi connectivity index (χ2n) is 4.15. The van der Waals surface area contributed by atoms with Gasteiger partial charge in [-0.1, -0.05) is 18.2 Å². The summed E-state index contributed by atoms with van der Waals surface area (Å²) < 4.78 is 0. The summed E-state index contributed by atoms with van der Waals surface area (Å²) in [4.78, 5) is 4.25. The molecular formula is C14H16N2O2. The van der Waals surface area contributed by atoms with Crippen molar-refractivity contribution in [2.75, 3.05) is 0 Å². The summed E-state index contributed by atoms with van der Waals surface area (Å²) in [6, 6.07) is 10.6. The van der Waals surface area contributed by atoms with E-state index in [-0.39, 0.29) is 11.5 Å². The maximum absolute atomic E-state index is 9.63. The van der Waals surface area contributed by atoms with Gasteiger partial charge in [-0.25, -0.2) is 0 Å². The molecule has 94 valence electrons. The quantitative estimate of drug-likeness (QED) is 0.770. The van der Waals surface area contributed by atoms with Crippen LogP contribution in [0.3, 0.4) is 0 Å². The maximum atomic E-state index is 9.63. The number of aryl methyl sites for hydroxylation is 1. The Bertz CT molecular complexity index is 541. The van der Waals surface area contributed by atoms with E-state index in [2.05, 4.69) is 10.3 Å². The van der Waals surface area contributed by atoms with Gasteiger partial charge in [-0.05, 0) is 25.1 Å². The molecule has 0 radical (unpaired) electrons. The molecule has 0 fully saturated rings. The lowest BCUT2D eigenvalue weighted by Gasteiger charge is -2.08. The number of para-hydroxylation sites is 1. The van der Waals surface area contributed by atoms with Crippen LogP contribution in [0.4, 0.5) is 0 Å². The molecule has 0 aliphatic heterocycles. The summed E-state index contributed by atoms with van der Waals surface area (Å²) >= 11 is 0. The standard InChI is InChI=1S/C14H16N2O2/c1-10-6-7-14(18)12(16-10)9-15-8-11-4-2-3-5-13(11)17/h2-7,15,17-18H,8-9H2,1H3. The van der Waals surface area contributed by atoms with E-state index < -0.39 is 0 Å². The second-order valence-corrected chi connectivity index (χ2v) is 4.15. The zero-order chi connectivity index (χ0) is 13.0. The molecule has 0 aliphatic carbocycles. The largest absolute Gasteiger partial charge is 0.508 e. The van der Waals surface area contributed by atoms with Crippen molar-refractivity contribution in [1.29, 1.82) is 0 Å². The molecule has 1 heterocycles. The van der Waals surface area contributed by atoms with E-state index in [0.29, 0.717) is 18.8 Å². The van der Waals surface area contributed by atoms with Crippen LogP contribution in [0.2, 0.25) is 0 Å². The van der Waals surface area contributed by atoms with Crippen LogP contribution in [0.5, 0.6) is 11.5 Å². The van der Waals surface area contributed by atoms with Crippen LogP contribution in [0.1, 0.15) is 17.0 Å². The number of phenolic OH excluding ortho intramolecular Hbond substituents is 1. The van der Waals surface area contributed by atoms with Crippen LogP contribution in [-0.4, -0.2) is 15.2 Å². The zero-order valence-corrected chi connectivity index (χ0v) is 10.2. The van der Waals surface area contributed by atoms with Gasteiger partial charge in [0.1, 0.15) is 11.5 Å². The number of nitrogens with zero attached hydrogens (tertiary/aromatic N) is 1. The van der Waals surface area contributed by atoms with Crippen molar-refractivity contribution in [2.24, 2.45) is 0 Å². The topological polar surface area (TPSA) is 65.4 Å². The van der Waals surface area contributed by atoms with Gasteiger partial charge in [-0.15, -0.1) is 0 Å². The highest BCUT2D eigenvalue weighted by atomic mass is 16.3. The highest BCUT2D eigenvalue weighted by molar-refractivity contribution is 5.32. The van der Waals surface area contributed by atoms with Crippen LogP contribution in [0.25, 0.3) is 0 Å². The van der Waals surface area contributed by atoms with Crippen LogP contribution >= 0.6 is 0 Å². The fourth-order valence-electron chi connectivity index (χ4n) is 1.71. The van der Waals surface area contributed by atoms with Crippen molar-refractivity contribution < 1.29 is 10.2 Å². The Kier molecular flexibility index (Phi) is 3.79. The van der Waals surface area contributed by atoms with Gasteiger partial charge in [0.05, 0.1) is 5.69 Å². The van der Waals surface area contributed by atoms with E-state index in [1.54, 1.807) is 24.3 Å². The first kappa shape index (κ1) is 12.4.